The summed E-state index contributed by atoms with van der Waals surface area (Å²) in [4.78, 5) is 8.85. The Morgan fingerprint density at radius 3 is 2.28 bits per heavy atom. The number of nitrogens with one attached hydrogen (secondary N) is 2. The first-order valence-electron chi connectivity index (χ1n) is 9.10. The van der Waals surface area contributed by atoms with E-state index >= 15 is 0 Å². The molecule has 4 aromatic rings. The number of phenolic OH excluding ortho intramolecular Hbond substituents is 1. The highest BCUT2D eigenvalue weighted by Gasteiger charge is 2.08. The largest absolute Gasteiger partial charge is 0.508 e. The third kappa shape index (κ3) is 4.30. The molecule has 3 N–H and O–H groups in total. The average molecular weight is 387 g/mol. The maximum Gasteiger partial charge on any atom is 0.144 e. The van der Waals surface area contributed by atoms with Crippen molar-refractivity contribution in [3.63, 3.8) is 0 Å². The van der Waals surface area contributed by atoms with Gasteiger partial charge in [-0.3, -0.25) is 0 Å². The second-order valence-electron chi connectivity index (χ2n) is 6.51. The summed E-state index contributed by atoms with van der Waals surface area (Å²) >= 11 is 0. The maximum absolute atomic E-state index is 9.40. The molecule has 146 valence electrons. The highest BCUT2D eigenvalue weighted by molar-refractivity contribution is 5.65. The number of imidazole rings is 1. The second kappa shape index (κ2) is 7.93. The Balaban J connectivity index is 1.53. The molecule has 0 radical (unpaired) electrons. The fraction of sp³-hybridized carbons (Fsp3) is 0.0909. The highest BCUT2D eigenvalue weighted by Crippen LogP contribution is 2.28. The van der Waals surface area contributed by atoms with E-state index in [-0.39, 0.29) is 5.75 Å². The highest BCUT2D eigenvalue weighted by atomic mass is 16.5. The van der Waals surface area contributed by atoms with Gasteiger partial charge in [-0.1, -0.05) is 6.07 Å². The number of phenols is 1. The van der Waals surface area contributed by atoms with E-state index in [2.05, 4.69) is 20.6 Å². The number of anilines is 4. The Morgan fingerprint density at radius 2 is 1.62 bits per heavy atom. The molecule has 0 aliphatic heterocycles. The number of rotatable bonds is 6. The number of hydrogen-bond acceptors (Lipinski definition) is 6. The van der Waals surface area contributed by atoms with Crippen LogP contribution in [0.15, 0.2) is 73.2 Å². The Hall–Kier alpha value is -4.00. The van der Waals surface area contributed by atoms with Gasteiger partial charge in [-0.2, -0.15) is 0 Å². The number of methoxy groups -OCH3 is 1. The van der Waals surface area contributed by atoms with Crippen LogP contribution in [0, 0.1) is 6.92 Å². The number of aryl methyl sites for hydroxylation is 1. The molecule has 2 aromatic heterocycles. The Kier molecular flexibility index (Phi) is 5.03. The van der Waals surface area contributed by atoms with Gasteiger partial charge in [0, 0.05) is 23.6 Å². The van der Waals surface area contributed by atoms with Gasteiger partial charge in [0.05, 0.1) is 24.8 Å². The van der Waals surface area contributed by atoms with Gasteiger partial charge in [-0.25, -0.2) is 9.97 Å². The third-order valence-corrected chi connectivity index (χ3v) is 4.33. The summed E-state index contributed by atoms with van der Waals surface area (Å²) in [6, 6.07) is 18.4. The number of aromatic hydroxyl groups is 1. The molecule has 0 saturated carbocycles. The molecular weight excluding hydrogens is 366 g/mol. The van der Waals surface area contributed by atoms with Crippen LogP contribution in [-0.2, 0) is 0 Å². The van der Waals surface area contributed by atoms with Gasteiger partial charge >= 0.3 is 0 Å². The minimum absolute atomic E-state index is 0.224. The lowest BCUT2D eigenvalue weighted by Gasteiger charge is -2.13. The van der Waals surface area contributed by atoms with Crippen LogP contribution in [-0.4, -0.2) is 26.8 Å². The van der Waals surface area contributed by atoms with E-state index in [1.54, 1.807) is 37.7 Å². The lowest BCUT2D eigenvalue weighted by molar-refractivity contribution is 0.413. The molecule has 29 heavy (non-hydrogen) atoms. The van der Waals surface area contributed by atoms with Crippen molar-refractivity contribution in [2.24, 2.45) is 0 Å². The molecular formula is C22H21N5O2. The summed E-state index contributed by atoms with van der Waals surface area (Å²) in [7, 11) is 1.65. The van der Waals surface area contributed by atoms with Crippen LogP contribution in [0.3, 0.4) is 0 Å². The number of pyridine rings is 1. The van der Waals surface area contributed by atoms with Crippen molar-refractivity contribution in [2.45, 2.75) is 6.92 Å². The topological polar surface area (TPSA) is 84.2 Å². The van der Waals surface area contributed by atoms with Crippen LogP contribution in [0.25, 0.3) is 5.69 Å². The minimum atomic E-state index is 0.224. The lowest BCUT2D eigenvalue weighted by Crippen LogP contribution is -2.00. The van der Waals surface area contributed by atoms with E-state index in [0.717, 1.165) is 28.5 Å². The molecule has 0 spiro atoms. The number of benzene rings is 2. The minimum Gasteiger partial charge on any atom is -0.508 e. The molecule has 2 aromatic carbocycles. The fourth-order valence-electron chi connectivity index (χ4n) is 2.94. The van der Waals surface area contributed by atoms with E-state index in [0.29, 0.717) is 11.6 Å². The molecule has 0 amide bonds. The summed E-state index contributed by atoms with van der Waals surface area (Å²) < 4.78 is 7.49. The third-order valence-electron chi connectivity index (χ3n) is 4.33. The van der Waals surface area contributed by atoms with Gasteiger partial charge in [0.1, 0.15) is 23.1 Å². The normalized spacial score (nSPS) is 10.6. The van der Waals surface area contributed by atoms with Crippen molar-refractivity contribution in [3.05, 3.63) is 78.9 Å². The van der Waals surface area contributed by atoms with Crippen LogP contribution in [0.2, 0.25) is 0 Å². The first-order chi connectivity index (χ1) is 14.1. The molecule has 7 heteroatoms. The van der Waals surface area contributed by atoms with Crippen LogP contribution >= 0.6 is 0 Å². The summed E-state index contributed by atoms with van der Waals surface area (Å²) in [5.74, 6) is 2.34. The van der Waals surface area contributed by atoms with Crippen molar-refractivity contribution in [3.8, 4) is 17.2 Å². The fourth-order valence-corrected chi connectivity index (χ4v) is 2.94. The molecule has 0 aliphatic rings. The standard InChI is InChI=1S/C22H21N5O2/c1-15-13-27(14-23-15)19-11-8-17(12-20(19)29-2)25-22-5-3-4-21(26-22)24-16-6-9-18(28)10-7-16/h3-14,28H,1-2H3,(H2,24,25,26). The van der Waals surface area contributed by atoms with Crippen LogP contribution in [0.4, 0.5) is 23.0 Å². The van der Waals surface area contributed by atoms with Gasteiger partial charge in [-0.05, 0) is 55.5 Å². The zero-order chi connectivity index (χ0) is 20.2. The first kappa shape index (κ1) is 18.4. The zero-order valence-corrected chi connectivity index (χ0v) is 16.1. The monoisotopic (exact) mass is 387 g/mol. The molecule has 2 heterocycles. The van der Waals surface area contributed by atoms with E-state index < -0.39 is 0 Å². The second-order valence-corrected chi connectivity index (χ2v) is 6.51. The Bertz CT molecular complexity index is 1120. The number of hydrogen-bond donors (Lipinski definition) is 3. The van der Waals surface area contributed by atoms with E-state index in [9.17, 15) is 5.11 Å². The van der Waals surface area contributed by atoms with Crippen molar-refractivity contribution in [2.75, 3.05) is 17.7 Å². The van der Waals surface area contributed by atoms with Gasteiger partial charge in [0.15, 0.2) is 0 Å². The van der Waals surface area contributed by atoms with Crippen molar-refractivity contribution < 1.29 is 9.84 Å². The van der Waals surface area contributed by atoms with Crippen molar-refractivity contribution >= 4 is 23.0 Å². The zero-order valence-electron chi connectivity index (χ0n) is 16.1. The first-order valence-corrected chi connectivity index (χ1v) is 9.10. The van der Waals surface area contributed by atoms with Crippen LogP contribution in [0.1, 0.15) is 5.69 Å². The number of nitrogens with zero attached hydrogens (tertiary/aromatic N) is 3. The molecule has 7 nitrogen and oxygen atoms in total. The predicted octanol–water partition coefficient (Wildman–Crippen LogP) is 4.78. The quantitative estimate of drug-likeness (QED) is 0.413. The maximum atomic E-state index is 9.40. The molecule has 0 fully saturated rings. The van der Waals surface area contributed by atoms with E-state index in [1.165, 1.54) is 0 Å². The van der Waals surface area contributed by atoms with Crippen LogP contribution < -0.4 is 15.4 Å². The summed E-state index contributed by atoms with van der Waals surface area (Å²) in [6.45, 7) is 1.95. The average Bonchev–Trinajstić information content (AvgIpc) is 3.16. The summed E-state index contributed by atoms with van der Waals surface area (Å²) in [5.41, 5.74) is 3.55. The van der Waals surface area contributed by atoms with E-state index in [4.69, 9.17) is 4.74 Å². The number of ether oxygens (including phenoxy) is 1. The van der Waals surface area contributed by atoms with Gasteiger partial charge in [0.2, 0.25) is 0 Å². The van der Waals surface area contributed by atoms with Crippen molar-refractivity contribution in [1.29, 1.82) is 0 Å². The van der Waals surface area contributed by atoms with E-state index in [1.807, 2.05) is 54.1 Å². The smallest absolute Gasteiger partial charge is 0.144 e. The molecule has 0 aliphatic carbocycles. The van der Waals surface area contributed by atoms with Gasteiger partial charge < -0.3 is 25.0 Å². The van der Waals surface area contributed by atoms with Gasteiger partial charge in [-0.15, -0.1) is 0 Å². The summed E-state index contributed by atoms with van der Waals surface area (Å²) in [5, 5.41) is 15.9. The molecule has 0 saturated heterocycles. The molecule has 0 atom stereocenters. The van der Waals surface area contributed by atoms with Crippen LogP contribution in [0.5, 0.6) is 11.5 Å². The number of aromatic nitrogens is 3. The summed E-state index contributed by atoms with van der Waals surface area (Å²) in [6.07, 6.45) is 3.71. The Morgan fingerprint density at radius 1 is 0.931 bits per heavy atom. The van der Waals surface area contributed by atoms with Gasteiger partial charge in [0.25, 0.3) is 0 Å². The Labute approximate surface area is 168 Å². The predicted molar refractivity (Wildman–Crippen MR) is 114 cm³/mol. The lowest BCUT2D eigenvalue weighted by atomic mass is 10.2. The van der Waals surface area contributed by atoms with Crippen molar-refractivity contribution in [1.82, 2.24) is 14.5 Å². The molecule has 4 rings (SSSR count). The SMILES string of the molecule is COc1cc(Nc2cccc(Nc3ccc(O)cc3)n2)ccc1-n1cnc(C)c1. The molecule has 0 unspecified atom stereocenters. The molecule has 0 bridgehead atoms.